The average Bonchev–Trinajstić information content (AvgIpc) is 2.16. The molecule has 0 amide bonds. The Hall–Kier alpha value is -0.840. The molecule has 0 aliphatic heterocycles. The molecular formula is C8H4Cl3NO3. The van der Waals surface area contributed by atoms with Crippen LogP contribution in [0.1, 0.15) is 10.4 Å². The van der Waals surface area contributed by atoms with E-state index in [-0.39, 0.29) is 27.2 Å². The van der Waals surface area contributed by atoms with Gasteiger partial charge in [-0.3, -0.25) is 14.9 Å². The summed E-state index contributed by atoms with van der Waals surface area (Å²) in [7, 11) is 0. The maximum Gasteiger partial charge on any atom is 0.288 e. The van der Waals surface area contributed by atoms with Crippen molar-refractivity contribution in [2.45, 2.75) is 0 Å². The van der Waals surface area contributed by atoms with Crippen LogP contribution in [0.5, 0.6) is 0 Å². The van der Waals surface area contributed by atoms with Gasteiger partial charge in [0.25, 0.3) is 5.69 Å². The van der Waals surface area contributed by atoms with E-state index in [1.807, 2.05) is 0 Å². The van der Waals surface area contributed by atoms with Gasteiger partial charge in [-0.25, -0.2) is 0 Å². The van der Waals surface area contributed by atoms with E-state index in [9.17, 15) is 14.9 Å². The van der Waals surface area contributed by atoms with Gasteiger partial charge in [0.2, 0.25) is 0 Å². The van der Waals surface area contributed by atoms with E-state index >= 15 is 0 Å². The molecule has 80 valence electrons. The number of carbonyl (C=O) groups excluding carboxylic acids is 1. The monoisotopic (exact) mass is 267 g/mol. The number of nitro groups is 1. The molecule has 0 saturated heterocycles. The first-order chi connectivity index (χ1) is 6.99. The standard InChI is InChI=1S/C8H4Cl3NO3/c9-3-6(13)7-4(10)1-2-5(8(7)11)12(14)15/h1-2H,3H2. The molecule has 1 rings (SSSR count). The molecule has 0 spiro atoms. The molecule has 0 fully saturated rings. The van der Waals surface area contributed by atoms with Gasteiger partial charge >= 0.3 is 0 Å². The highest BCUT2D eigenvalue weighted by Crippen LogP contribution is 2.33. The van der Waals surface area contributed by atoms with Crippen LogP contribution in [-0.4, -0.2) is 16.6 Å². The third kappa shape index (κ3) is 2.40. The fourth-order valence-corrected chi connectivity index (χ4v) is 1.79. The summed E-state index contributed by atoms with van der Waals surface area (Å²) >= 11 is 16.7. The van der Waals surface area contributed by atoms with Crippen molar-refractivity contribution >= 4 is 46.3 Å². The van der Waals surface area contributed by atoms with Crippen LogP contribution in [-0.2, 0) is 0 Å². The van der Waals surface area contributed by atoms with Crippen LogP contribution in [0.4, 0.5) is 5.69 Å². The fourth-order valence-electron chi connectivity index (χ4n) is 1.00. The summed E-state index contributed by atoms with van der Waals surface area (Å²) in [5, 5.41) is 10.3. The van der Waals surface area contributed by atoms with E-state index in [1.165, 1.54) is 6.07 Å². The van der Waals surface area contributed by atoms with Crippen LogP contribution in [0.25, 0.3) is 0 Å². The summed E-state index contributed by atoms with van der Waals surface area (Å²) in [4.78, 5) is 21.1. The maximum atomic E-state index is 11.3. The molecule has 1 aromatic rings. The minimum Gasteiger partial charge on any atom is -0.293 e. The first-order valence-corrected chi connectivity index (χ1v) is 4.99. The van der Waals surface area contributed by atoms with E-state index < -0.39 is 10.7 Å². The third-order valence-corrected chi connectivity index (χ3v) is 2.61. The predicted molar refractivity (Wildman–Crippen MR) is 58.2 cm³/mol. The number of hydrogen-bond acceptors (Lipinski definition) is 3. The minimum atomic E-state index is -0.691. The van der Waals surface area contributed by atoms with Crippen molar-refractivity contribution in [2.24, 2.45) is 0 Å². The largest absolute Gasteiger partial charge is 0.293 e. The van der Waals surface area contributed by atoms with E-state index in [4.69, 9.17) is 34.8 Å². The van der Waals surface area contributed by atoms with E-state index in [0.717, 1.165) is 6.07 Å². The van der Waals surface area contributed by atoms with Crippen LogP contribution >= 0.6 is 34.8 Å². The SMILES string of the molecule is O=C(CCl)c1c(Cl)ccc([N+](=O)[O-])c1Cl. The second-order valence-corrected chi connectivity index (χ2v) is 3.62. The second kappa shape index (κ2) is 4.79. The van der Waals surface area contributed by atoms with Crippen molar-refractivity contribution < 1.29 is 9.72 Å². The number of halogens is 3. The molecule has 0 bridgehead atoms. The lowest BCUT2D eigenvalue weighted by Crippen LogP contribution is -2.04. The third-order valence-electron chi connectivity index (χ3n) is 1.67. The maximum absolute atomic E-state index is 11.3. The molecule has 0 saturated carbocycles. The van der Waals surface area contributed by atoms with Gasteiger partial charge in [-0.05, 0) is 6.07 Å². The highest BCUT2D eigenvalue weighted by Gasteiger charge is 2.22. The number of rotatable bonds is 3. The minimum absolute atomic E-state index is 0.0521. The zero-order valence-electron chi connectivity index (χ0n) is 7.17. The van der Waals surface area contributed by atoms with Crippen LogP contribution in [0, 0.1) is 10.1 Å². The van der Waals surface area contributed by atoms with Crippen molar-refractivity contribution in [2.75, 3.05) is 5.88 Å². The molecule has 15 heavy (non-hydrogen) atoms. The Bertz CT molecular complexity index is 433. The number of Topliss-reactive ketones (excluding diaryl/α,β-unsaturated/α-hetero) is 1. The number of benzene rings is 1. The molecule has 0 unspecified atom stereocenters. The van der Waals surface area contributed by atoms with Crippen molar-refractivity contribution in [3.8, 4) is 0 Å². The van der Waals surface area contributed by atoms with Crippen molar-refractivity contribution in [1.82, 2.24) is 0 Å². The van der Waals surface area contributed by atoms with E-state index in [1.54, 1.807) is 0 Å². The first-order valence-electron chi connectivity index (χ1n) is 3.70. The van der Waals surface area contributed by atoms with Crippen LogP contribution < -0.4 is 0 Å². The Kier molecular flexibility index (Phi) is 3.90. The normalized spacial score (nSPS) is 10.1. The highest BCUT2D eigenvalue weighted by atomic mass is 35.5. The Morgan fingerprint density at radius 1 is 1.40 bits per heavy atom. The number of ketones is 1. The zero-order chi connectivity index (χ0) is 11.6. The molecule has 0 aliphatic rings. The number of nitro benzene ring substituents is 1. The van der Waals surface area contributed by atoms with Gasteiger partial charge < -0.3 is 0 Å². The van der Waals surface area contributed by atoms with Gasteiger partial charge in [-0.2, -0.15) is 0 Å². The summed E-state index contributed by atoms with van der Waals surface area (Å²) in [6.07, 6.45) is 0. The van der Waals surface area contributed by atoms with Crippen LogP contribution in [0.15, 0.2) is 12.1 Å². The van der Waals surface area contributed by atoms with E-state index in [0.29, 0.717) is 0 Å². The van der Waals surface area contributed by atoms with Gasteiger partial charge in [0.1, 0.15) is 5.02 Å². The Labute approximate surface area is 99.9 Å². The van der Waals surface area contributed by atoms with Gasteiger partial charge in [0.15, 0.2) is 5.78 Å². The Balaban J connectivity index is 3.43. The van der Waals surface area contributed by atoms with Gasteiger partial charge in [0, 0.05) is 6.07 Å². The molecule has 0 heterocycles. The summed E-state index contributed by atoms with van der Waals surface area (Å²) in [5.41, 5.74) is -0.475. The van der Waals surface area contributed by atoms with Crippen LogP contribution in [0.2, 0.25) is 10.0 Å². The molecule has 7 heteroatoms. The molecule has 0 radical (unpaired) electrons. The van der Waals surface area contributed by atoms with E-state index in [2.05, 4.69) is 0 Å². The van der Waals surface area contributed by atoms with Crippen LogP contribution in [0.3, 0.4) is 0 Å². The van der Waals surface area contributed by atoms with Crippen molar-refractivity contribution in [3.63, 3.8) is 0 Å². The molecular weight excluding hydrogens is 264 g/mol. The summed E-state index contributed by atoms with van der Waals surface area (Å²) in [6, 6.07) is 2.38. The summed E-state index contributed by atoms with van der Waals surface area (Å²) in [6.45, 7) is 0. The lowest BCUT2D eigenvalue weighted by atomic mass is 10.1. The first kappa shape index (κ1) is 12.2. The Morgan fingerprint density at radius 2 is 2.00 bits per heavy atom. The molecule has 0 atom stereocenters. The number of nitrogens with zero attached hydrogens (tertiary/aromatic N) is 1. The van der Waals surface area contributed by atoms with Gasteiger partial charge in [-0.1, -0.05) is 23.2 Å². The predicted octanol–water partition coefficient (Wildman–Crippen LogP) is 3.32. The summed E-state index contributed by atoms with van der Waals surface area (Å²) in [5.74, 6) is -0.879. The average molecular weight is 268 g/mol. The molecule has 0 aromatic heterocycles. The quantitative estimate of drug-likeness (QED) is 0.366. The van der Waals surface area contributed by atoms with Gasteiger partial charge in [0.05, 0.1) is 21.4 Å². The Morgan fingerprint density at radius 3 is 2.47 bits per heavy atom. The van der Waals surface area contributed by atoms with Gasteiger partial charge in [-0.15, -0.1) is 11.6 Å². The fraction of sp³-hybridized carbons (Fsp3) is 0.125. The summed E-state index contributed by atoms with van der Waals surface area (Å²) < 4.78 is 0. The highest BCUT2D eigenvalue weighted by molar-refractivity contribution is 6.43. The molecule has 0 N–H and O–H groups in total. The molecule has 1 aromatic carbocycles. The van der Waals surface area contributed by atoms with Crippen molar-refractivity contribution in [1.29, 1.82) is 0 Å². The number of carbonyl (C=O) groups is 1. The molecule has 0 aliphatic carbocycles. The zero-order valence-corrected chi connectivity index (χ0v) is 9.44. The second-order valence-electron chi connectivity index (χ2n) is 2.57. The lowest BCUT2D eigenvalue weighted by molar-refractivity contribution is -0.384. The number of hydrogen-bond donors (Lipinski definition) is 0. The smallest absolute Gasteiger partial charge is 0.288 e. The molecule has 4 nitrogen and oxygen atoms in total. The van der Waals surface area contributed by atoms with Crippen molar-refractivity contribution in [3.05, 3.63) is 37.9 Å². The number of alkyl halides is 1. The topological polar surface area (TPSA) is 60.2 Å². The lowest BCUT2D eigenvalue weighted by Gasteiger charge is -2.03.